The average Bonchev–Trinajstić information content (AvgIpc) is 2.84. The van der Waals surface area contributed by atoms with E-state index in [1.165, 1.54) is 12.1 Å². The van der Waals surface area contributed by atoms with Gasteiger partial charge in [-0.15, -0.1) is 0 Å². The first-order valence-corrected chi connectivity index (χ1v) is 9.48. The molecule has 0 radical (unpaired) electrons. The monoisotopic (exact) mass is 358 g/mol. The number of halogens is 1. The molecule has 1 fully saturated rings. The molecule has 1 aliphatic carbocycles. The lowest BCUT2D eigenvalue weighted by Gasteiger charge is -2.27. The predicted octanol–water partition coefficient (Wildman–Crippen LogP) is 2.84. The van der Waals surface area contributed by atoms with E-state index in [0.717, 1.165) is 63.1 Å². The topological polar surface area (TPSA) is 50.2 Å². The number of piperazine rings is 1. The van der Waals surface area contributed by atoms with Crippen LogP contribution in [0.2, 0.25) is 5.02 Å². The molecule has 0 saturated carbocycles. The van der Waals surface area contributed by atoms with Crippen molar-refractivity contribution in [2.45, 2.75) is 32.1 Å². The third-order valence-corrected chi connectivity index (χ3v) is 5.36. The Hall–Kier alpha value is -1.85. The number of carbonyl (C=O) groups excluding carboxylic acids is 1. The predicted molar refractivity (Wildman–Crippen MR) is 98.6 cm³/mol. The lowest BCUT2D eigenvalue weighted by molar-refractivity contribution is 0.0728. The molecule has 1 saturated heterocycles. The van der Waals surface area contributed by atoms with E-state index in [0.29, 0.717) is 10.7 Å². The van der Waals surface area contributed by atoms with E-state index in [2.05, 4.69) is 5.32 Å². The number of rotatable bonds is 2. The summed E-state index contributed by atoms with van der Waals surface area (Å²) >= 11 is 6.03. The van der Waals surface area contributed by atoms with Crippen molar-refractivity contribution < 1.29 is 4.79 Å². The van der Waals surface area contributed by atoms with E-state index >= 15 is 0 Å². The molecule has 1 N–H and O–H groups in total. The third kappa shape index (κ3) is 3.31. The highest BCUT2D eigenvalue weighted by Gasteiger charge is 2.28. The van der Waals surface area contributed by atoms with Gasteiger partial charge in [-0.1, -0.05) is 18.0 Å². The van der Waals surface area contributed by atoms with Gasteiger partial charge in [0.15, 0.2) is 5.69 Å². The lowest BCUT2D eigenvalue weighted by atomic mass is 10.1. The number of benzene rings is 1. The Bertz CT molecular complexity index is 762. The molecule has 0 bridgehead atoms. The van der Waals surface area contributed by atoms with Crippen molar-refractivity contribution in [2.75, 3.05) is 26.2 Å². The summed E-state index contributed by atoms with van der Waals surface area (Å²) in [5, 5.41) is 8.78. The molecule has 1 aromatic carbocycles. The summed E-state index contributed by atoms with van der Waals surface area (Å²) in [4.78, 5) is 15.0. The van der Waals surface area contributed by atoms with Crippen molar-refractivity contribution in [1.29, 1.82) is 0 Å². The molecule has 1 amide bonds. The second kappa shape index (κ2) is 7.18. The first-order valence-electron chi connectivity index (χ1n) is 9.11. The summed E-state index contributed by atoms with van der Waals surface area (Å²) in [6.07, 6.45) is 5.39. The number of amides is 1. The van der Waals surface area contributed by atoms with Crippen molar-refractivity contribution >= 4 is 17.5 Å². The molecule has 132 valence electrons. The van der Waals surface area contributed by atoms with Crippen LogP contribution >= 0.6 is 11.6 Å². The van der Waals surface area contributed by atoms with Gasteiger partial charge < -0.3 is 10.2 Å². The Morgan fingerprint density at radius 2 is 1.76 bits per heavy atom. The Morgan fingerprint density at radius 1 is 1.04 bits per heavy atom. The van der Waals surface area contributed by atoms with Gasteiger partial charge in [0.05, 0.1) is 5.69 Å². The molecular formula is C19H23ClN4O. The van der Waals surface area contributed by atoms with Crippen molar-refractivity contribution in [3.8, 4) is 5.69 Å². The number of hydrogen-bond donors (Lipinski definition) is 1. The molecule has 25 heavy (non-hydrogen) atoms. The Balaban J connectivity index is 1.76. The first-order chi connectivity index (χ1) is 12.2. The number of nitrogens with one attached hydrogen (secondary N) is 1. The fourth-order valence-corrected chi connectivity index (χ4v) is 3.89. The minimum atomic E-state index is 0.0763. The van der Waals surface area contributed by atoms with E-state index in [4.69, 9.17) is 16.7 Å². The molecule has 4 rings (SSSR count). The Morgan fingerprint density at radius 3 is 2.52 bits per heavy atom. The number of aromatic nitrogens is 2. The minimum Gasteiger partial charge on any atom is -0.335 e. The van der Waals surface area contributed by atoms with Crippen LogP contribution in [0.4, 0.5) is 0 Å². The number of fused-ring (bicyclic) bond motifs is 1. The van der Waals surface area contributed by atoms with Crippen molar-refractivity contribution in [1.82, 2.24) is 20.0 Å². The highest BCUT2D eigenvalue weighted by molar-refractivity contribution is 6.30. The van der Waals surface area contributed by atoms with E-state index in [-0.39, 0.29) is 5.91 Å². The fraction of sp³-hybridized carbons (Fsp3) is 0.474. The van der Waals surface area contributed by atoms with Crippen LogP contribution in [0.5, 0.6) is 0 Å². The van der Waals surface area contributed by atoms with E-state index < -0.39 is 0 Å². The van der Waals surface area contributed by atoms with Gasteiger partial charge in [-0.25, -0.2) is 4.68 Å². The zero-order valence-electron chi connectivity index (χ0n) is 14.3. The van der Waals surface area contributed by atoms with Crippen LogP contribution < -0.4 is 5.32 Å². The fourth-order valence-electron chi connectivity index (χ4n) is 3.76. The van der Waals surface area contributed by atoms with Crippen LogP contribution in [0.1, 0.15) is 41.0 Å². The van der Waals surface area contributed by atoms with Gasteiger partial charge in [0.1, 0.15) is 0 Å². The molecule has 2 aromatic rings. The molecule has 0 atom stereocenters. The largest absolute Gasteiger partial charge is 0.335 e. The van der Waals surface area contributed by atoms with Crippen LogP contribution in [-0.4, -0.2) is 46.8 Å². The lowest BCUT2D eigenvalue weighted by Crippen LogP contribution is -2.46. The Kier molecular flexibility index (Phi) is 4.77. The number of nitrogens with zero attached hydrogens (tertiary/aromatic N) is 3. The zero-order chi connectivity index (χ0) is 17.2. The smallest absolute Gasteiger partial charge is 0.274 e. The van der Waals surface area contributed by atoms with Crippen molar-refractivity contribution in [2.24, 2.45) is 0 Å². The molecule has 0 spiro atoms. The summed E-state index contributed by atoms with van der Waals surface area (Å²) in [6.45, 7) is 3.21. The van der Waals surface area contributed by atoms with Crippen LogP contribution in [0.25, 0.3) is 5.69 Å². The molecule has 0 unspecified atom stereocenters. The quantitative estimate of drug-likeness (QED) is 0.840. The highest BCUT2D eigenvalue weighted by atomic mass is 35.5. The van der Waals surface area contributed by atoms with Gasteiger partial charge >= 0.3 is 0 Å². The van der Waals surface area contributed by atoms with Gasteiger partial charge in [0.2, 0.25) is 0 Å². The molecule has 1 aliphatic heterocycles. The van der Waals surface area contributed by atoms with Gasteiger partial charge in [-0.3, -0.25) is 4.79 Å². The van der Waals surface area contributed by atoms with Gasteiger partial charge in [-0.05, 0) is 49.9 Å². The average molecular weight is 359 g/mol. The SMILES string of the molecule is O=C(c1nn(-c2ccc(Cl)cc2)c2c1CCCCC2)N1CCNCC1. The number of carbonyl (C=O) groups is 1. The molecule has 5 nitrogen and oxygen atoms in total. The van der Waals surface area contributed by atoms with Gasteiger partial charge in [0, 0.05) is 42.5 Å². The van der Waals surface area contributed by atoms with Crippen molar-refractivity contribution in [3.63, 3.8) is 0 Å². The standard InChI is InChI=1S/C19H23ClN4O/c20-14-6-8-15(9-7-14)24-17-5-3-1-2-4-16(17)18(22-24)19(25)23-12-10-21-11-13-23/h6-9,21H,1-5,10-13H2. The summed E-state index contributed by atoms with van der Waals surface area (Å²) in [6, 6.07) is 7.69. The van der Waals surface area contributed by atoms with Gasteiger partial charge in [0.25, 0.3) is 5.91 Å². The maximum absolute atomic E-state index is 13.1. The zero-order valence-corrected chi connectivity index (χ0v) is 15.1. The maximum atomic E-state index is 13.1. The molecule has 1 aromatic heterocycles. The summed E-state index contributed by atoms with van der Waals surface area (Å²) < 4.78 is 1.96. The molecular weight excluding hydrogens is 336 g/mol. The van der Waals surface area contributed by atoms with Crippen molar-refractivity contribution in [3.05, 3.63) is 46.2 Å². The summed E-state index contributed by atoms with van der Waals surface area (Å²) in [5.74, 6) is 0.0763. The van der Waals surface area contributed by atoms with Gasteiger partial charge in [-0.2, -0.15) is 5.10 Å². The van der Waals surface area contributed by atoms with Crippen LogP contribution in [0.15, 0.2) is 24.3 Å². The molecule has 6 heteroatoms. The van der Waals surface area contributed by atoms with Crippen LogP contribution in [0.3, 0.4) is 0 Å². The first kappa shape index (κ1) is 16.6. The number of hydrogen-bond acceptors (Lipinski definition) is 3. The normalized spacial score (nSPS) is 17.9. The minimum absolute atomic E-state index is 0.0763. The van der Waals surface area contributed by atoms with E-state index in [9.17, 15) is 4.79 Å². The summed E-state index contributed by atoms with van der Waals surface area (Å²) in [7, 11) is 0. The molecule has 2 heterocycles. The second-order valence-electron chi connectivity index (χ2n) is 6.76. The van der Waals surface area contributed by atoms with E-state index in [1.807, 2.05) is 33.8 Å². The van der Waals surface area contributed by atoms with Crippen LogP contribution in [0, 0.1) is 0 Å². The van der Waals surface area contributed by atoms with E-state index in [1.54, 1.807) is 0 Å². The van der Waals surface area contributed by atoms with Crippen LogP contribution in [-0.2, 0) is 12.8 Å². The summed E-state index contributed by atoms with van der Waals surface area (Å²) in [5.41, 5.74) is 3.96. The maximum Gasteiger partial charge on any atom is 0.274 e. The molecule has 2 aliphatic rings. The third-order valence-electron chi connectivity index (χ3n) is 5.11. The highest BCUT2D eigenvalue weighted by Crippen LogP contribution is 2.27. The Labute approximate surface area is 153 Å². The second-order valence-corrected chi connectivity index (χ2v) is 7.20.